The molecule has 1 aromatic heterocycles. The van der Waals surface area contributed by atoms with Gasteiger partial charge >= 0.3 is 0 Å². The van der Waals surface area contributed by atoms with Crippen molar-refractivity contribution in [3.63, 3.8) is 0 Å². The van der Waals surface area contributed by atoms with Crippen LogP contribution in [0.2, 0.25) is 0 Å². The standard InChI is InChI=1S/C14H22N2OS/c1-3-18-13-8-5-7-12(13)15-10-11-6-4-9-14(16-11)17-2/h4,6,9,12-13,15H,3,5,7-8,10H2,1-2H3. The molecule has 0 spiro atoms. The van der Waals surface area contributed by atoms with Crippen molar-refractivity contribution in [2.75, 3.05) is 12.9 Å². The molecule has 2 atom stereocenters. The van der Waals surface area contributed by atoms with Crippen molar-refractivity contribution in [3.8, 4) is 5.88 Å². The van der Waals surface area contributed by atoms with E-state index >= 15 is 0 Å². The van der Waals surface area contributed by atoms with E-state index in [-0.39, 0.29) is 0 Å². The van der Waals surface area contributed by atoms with E-state index < -0.39 is 0 Å². The first-order valence-electron chi connectivity index (χ1n) is 6.68. The molecule has 0 aromatic carbocycles. The normalized spacial score (nSPS) is 23.2. The van der Waals surface area contributed by atoms with Gasteiger partial charge in [0.15, 0.2) is 0 Å². The van der Waals surface area contributed by atoms with Crippen LogP contribution < -0.4 is 10.1 Å². The van der Waals surface area contributed by atoms with Gasteiger partial charge in [-0.15, -0.1) is 0 Å². The summed E-state index contributed by atoms with van der Waals surface area (Å²) in [7, 11) is 1.66. The van der Waals surface area contributed by atoms with Crippen molar-refractivity contribution in [3.05, 3.63) is 23.9 Å². The maximum atomic E-state index is 5.14. The Morgan fingerprint density at radius 1 is 1.44 bits per heavy atom. The molecule has 1 aliphatic carbocycles. The average molecular weight is 266 g/mol. The van der Waals surface area contributed by atoms with Gasteiger partial charge in [0.05, 0.1) is 12.8 Å². The second-order valence-corrected chi connectivity index (χ2v) is 6.10. The van der Waals surface area contributed by atoms with Gasteiger partial charge in [0, 0.05) is 23.9 Å². The molecule has 0 bridgehead atoms. The molecule has 1 N–H and O–H groups in total. The van der Waals surface area contributed by atoms with Gasteiger partial charge in [-0.05, 0) is 24.7 Å². The molecule has 1 aliphatic rings. The summed E-state index contributed by atoms with van der Waals surface area (Å²) >= 11 is 2.08. The molecule has 3 nitrogen and oxygen atoms in total. The number of ether oxygens (including phenoxy) is 1. The summed E-state index contributed by atoms with van der Waals surface area (Å²) in [6.45, 7) is 3.08. The van der Waals surface area contributed by atoms with Crippen molar-refractivity contribution < 1.29 is 4.74 Å². The van der Waals surface area contributed by atoms with Crippen molar-refractivity contribution in [1.82, 2.24) is 10.3 Å². The van der Waals surface area contributed by atoms with Gasteiger partial charge < -0.3 is 10.1 Å². The van der Waals surface area contributed by atoms with E-state index in [1.165, 1.54) is 25.0 Å². The highest BCUT2D eigenvalue weighted by Crippen LogP contribution is 2.30. The van der Waals surface area contributed by atoms with Crippen LogP contribution in [0.4, 0.5) is 0 Å². The molecule has 100 valence electrons. The number of hydrogen-bond donors (Lipinski definition) is 1. The highest BCUT2D eigenvalue weighted by atomic mass is 32.2. The van der Waals surface area contributed by atoms with Gasteiger partial charge in [-0.2, -0.15) is 11.8 Å². The Morgan fingerprint density at radius 2 is 2.33 bits per heavy atom. The minimum Gasteiger partial charge on any atom is -0.481 e. The Bertz CT molecular complexity index is 373. The summed E-state index contributed by atoms with van der Waals surface area (Å²) < 4.78 is 5.14. The Morgan fingerprint density at radius 3 is 3.11 bits per heavy atom. The lowest BCUT2D eigenvalue weighted by Gasteiger charge is -2.20. The number of thioether (sulfide) groups is 1. The van der Waals surface area contributed by atoms with Gasteiger partial charge in [0.2, 0.25) is 5.88 Å². The first kappa shape index (κ1) is 13.7. The topological polar surface area (TPSA) is 34.1 Å². The van der Waals surface area contributed by atoms with E-state index in [0.717, 1.165) is 17.5 Å². The first-order chi connectivity index (χ1) is 8.83. The molecular weight excluding hydrogens is 244 g/mol. The molecule has 0 radical (unpaired) electrons. The predicted molar refractivity (Wildman–Crippen MR) is 77.2 cm³/mol. The summed E-state index contributed by atoms with van der Waals surface area (Å²) in [5.41, 5.74) is 1.06. The lowest BCUT2D eigenvalue weighted by atomic mass is 10.2. The molecule has 0 aliphatic heterocycles. The van der Waals surface area contributed by atoms with E-state index in [0.29, 0.717) is 11.9 Å². The van der Waals surface area contributed by atoms with E-state index in [1.54, 1.807) is 7.11 Å². The SMILES string of the molecule is CCSC1CCCC1NCc1cccc(OC)n1. The van der Waals surface area contributed by atoms with Gasteiger partial charge in [-0.3, -0.25) is 0 Å². The Labute approximate surface area is 114 Å². The largest absolute Gasteiger partial charge is 0.481 e. The van der Waals surface area contributed by atoms with Crippen LogP contribution in [-0.4, -0.2) is 29.1 Å². The summed E-state index contributed by atoms with van der Waals surface area (Å²) in [6.07, 6.45) is 3.99. The third-order valence-electron chi connectivity index (χ3n) is 3.37. The zero-order valence-corrected chi connectivity index (χ0v) is 12.0. The molecule has 2 unspecified atom stereocenters. The Balaban J connectivity index is 1.86. The highest BCUT2D eigenvalue weighted by molar-refractivity contribution is 7.99. The fourth-order valence-electron chi connectivity index (χ4n) is 2.48. The van der Waals surface area contributed by atoms with E-state index in [9.17, 15) is 0 Å². The lowest BCUT2D eigenvalue weighted by Crippen LogP contribution is -2.33. The van der Waals surface area contributed by atoms with Gasteiger partial charge in [-0.1, -0.05) is 19.4 Å². The third-order valence-corrected chi connectivity index (χ3v) is 4.69. The number of aromatic nitrogens is 1. The average Bonchev–Trinajstić information content (AvgIpc) is 2.85. The van der Waals surface area contributed by atoms with Crippen LogP contribution in [0.1, 0.15) is 31.9 Å². The zero-order chi connectivity index (χ0) is 12.8. The fourth-order valence-corrected chi connectivity index (χ4v) is 3.70. The molecule has 1 heterocycles. The number of hydrogen-bond acceptors (Lipinski definition) is 4. The molecule has 1 saturated carbocycles. The second-order valence-electron chi connectivity index (χ2n) is 4.58. The number of nitrogens with one attached hydrogen (secondary N) is 1. The maximum absolute atomic E-state index is 5.14. The molecule has 0 saturated heterocycles. The number of pyridine rings is 1. The smallest absolute Gasteiger partial charge is 0.213 e. The summed E-state index contributed by atoms with van der Waals surface area (Å²) in [4.78, 5) is 4.43. The Hall–Kier alpha value is -0.740. The summed E-state index contributed by atoms with van der Waals surface area (Å²) in [5.74, 6) is 1.90. The number of rotatable bonds is 6. The molecule has 2 rings (SSSR count). The van der Waals surface area contributed by atoms with Crippen molar-refractivity contribution in [2.24, 2.45) is 0 Å². The van der Waals surface area contributed by atoms with Crippen LogP contribution in [-0.2, 0) is 6.54 Å². The minimum absolute atomic E-state index is 0.642. The fraction of sp³-hybridized carbons (Fsp3) is 0.643. The van der Waals surface area contributed by atoms with Crippen LogP contribution in [0.5, 0.6) is 5.88 Å². The Kier molecular flexibility index (Phi) is 5.32. The van der Waals surface area contributed by atoms with Crippen LogP contribution in [0.3, 0.4) is 0 Å². The van der Waals surface area contributed by atoms with Crippen LogP contribution in [0.25, 0.3) is 0 Å². The molecule has 0 amide bonds. The minimum atomic E-state index is 0.642. The second kappa shape index (κ2) is 7.00. The summed E-state index contributed by atoms with van der Waals surface area (Å²) in [5, 5.41) is 4.42. The molecule has 1 aromatic rings. The quantitative estimate of drug-likeness (QED) is 0.858. The first-order valence-corrected chi connectivity index (χ1v) is 7.73. The number of nitrogens with zero attached hydrogens (tertiary/aromatic N) is 1. The van der Waals surface area contributed by atoms with Crippen molar-refractivity contribution in [1.29, 1.82) is 0 Å². The monoisotopic (exact) mass is 266 g/mol. The van der Waals surface area contributed by atoms with E-state index in [1.807, 2.05) is 18.2 Å². The lowest BCUT2D eigenvalue weighted by molar-refractivity contribution is 0.395. The van der Waals surface area contributed by atoms with Crippen molar-refractivity contribution in [2.45, 2.75) is 44.0 Å². The predicted octanol–water partition coefficient (Wildman–Crippen LogP) is 2.85. The summed E-state index contributed by atoms with van der Waals surface area (Å²) in [6, 6.07) is 6.57. The van der Waals surface area contributed by atoms with Gasteiger partial charge in [0.1, 0.15) is 0 Å². The third kappa shape index (κ3) is 3.62. The molecule has 4 heteroatoms. The van der Waals surface area contributed by atoms with Gasteiger partial charge in [-0.25, -0.2) is 4.98 Å². The van der Waals surface area contributed by atoms with Gasteiger partial charge in [0.25, 0.3) is 0 Å². The van der Waals surface area contributed by atoms with E-state index in [4.69, 9.17) is 4.74 Å². The molecular formula is C14H22N2OS. The van der Waals surface area contributed by atoms with Crippen molar-refractivity contribution >= 4 is 11.8 Å². The van der Waals surface area contributed by atoms with Crippen LogP contribution in [0.15, 0.2) is 18.2 Å². The van der Waals surface area contributed by atoms with E-state index in [2.05, 4.69) is 29.0 Å². The van der Waals surface area contributed by atoms with Crippen LogP contribution in [0, 0.1) is 0 Å². The molecule has 1 fully saturated rings. The van der Waals surface area contributed by atoms with Crippen LogP contribution >= 0.6 is 11.8 Å². The maximum Gasteiger partial charge on any atom is 0.213 e. The molecule has 18 heavy (non-hydrogen) atoms. The highest BCUT2D eigenvalue weighted by Gasteiger charge is 2.26. The zero-order valence-electron chi connectivity index (χ0n) is 11.2. The number of methoxy groups -OCH3 is 1.